The minimum Gasteiger partial charge on any atom is -0.315 e. The first-order chi connectivity index (χ1) is 5.41. The standard InChI is InChI=1S/C10H18N/c1-3-4-5-6-7-8-9-10-11-2/h1,10-11H,4-9H2,2H3. The van der Waals surface area contributed by atoms with Gasteiger partial charge in [-0.15, -0.1) is 12.3 Å². The topological polar surface area (TPSA) is 12.0 Å². The van der Waals surface area contributed by atoms with Crippen molar-refractivity contribution in [1.82, 2.24) is 5.32 Å². The summed E-state index contributed by atoms with van der Waals surface area (Å²) in [5, 5.41) is 3.01. The third-order valence-electron chi connectivity index (χ3n) is 1.62. The number of hydrogen-bond acceptors (Lipinski definition) is 1. The highest BCUT2D eigenvalue weighted by molar-refractivity contribution is 4.82. The van der Waals surface area contributed by atoms with E-state index in [0.717, 1.165) is 6.42 Å². The van der Waals surface area contributed by atoms with Crippen LogP contribution in [0.2, 0.25) is 0 Å². The zero-order valence-corrected chi connectivity index (χ0v) is 7.40. The van der Waals surface area contributed by atoms with E-state index in [2.05, 4.69) is 17.8 Å². The maximum absolute atomic E-state index is 5.12. The molecule has 0 aromatic rings. The maximum atomic E-state index is 5.12. The molecular weight excluding hydrogens is 134 g/mol. The van der Waals surface area contributed by atoms with Gasteiger partial charge in [0.2, 0.25) is 0 Å². The van der Waals surface area contributed by atoms with Crippen molar-refractivity contribution in [2.75, 3.05) is 7.05 Å². The Balaban J connectivity index is 2.75. The molecule has 0 aromatic carbocycles. The van der Waals surface area contributed by atoms with E-state index in [9.17, 15) is 0 Å². The molecule has 0 heterocycles. The monoisotopic (exact) mass is 152 g/mol. The fourth-order valence-corrected chi connectivity index (χ4v) is 0.971. The van der Waals surface area contributed by atoms with Crippen molar-refractivity contribution in [3.63, 3.8) is 0 Å². The van der Waals surface area contributed by atoms with Gasteiger partial charge in [-0.1, -0.05) is 19.3 Å². The van der Waals surface area contributed by atoms with Gasteiger partial charge in [-0.2, -0.15) is 0 Å². The zero-order chi connectivity index (χ0) is 8.36. The predicted octanol–water partition coefficient (Wildman–Crippen LogP) is 2.34. The minimum atomic E-state index is 0.940. The molecule has 0 amide bonds. The van der Waals surface area contributed by atoms with Crippen LogP contribution in [0, 0.1) is 18.9 Å². The van der Waals surface area contributed by atoms with E-state index in [1.54, 1.807) is 0 Å². The lowest BCUT2D eigenvalue weighted by molar-refractivity contribution is 0.634. The van der Waals surface area contributed by atoms with E-state index in [-0.39, 0.29) is 0 Å². The summed E-state index contributed by atoms with van der Waals surface area (Å²) in [4.78, 5) is 0. The number of unbranched alkanes of at least 4 members (excludes halogenated alkanes) is 5. The van der Waals surface area contributed by atoms with E-state index in [1.165, 1.54) is 32.1 Å². The molecule has 0 fully saturated rings. The molecule has 0 aliphatic rings. The first kappa shape index (κ1) is 10.5. The van der Waals surface area contributed by atoms with E-state index in [0.29, 0.717) is 0 Å². The van der Waals surface area contributed by atoms with Gasteiger partial charge in [0.25, 0.3) is 0 Å². The van der Waals surface area contributed by atoms with Gasteiger partial charge in [0.1, 0.15) is 0 Å². The average molecular weight is 152 g/mol. The number of nitrogens with one attached hydrogen (secondary N) is 1. The molecule has 0 rings (SSSR count). The number of rotatable bonds is 7. The minimum absolute atomic E-state index is 0.940. The summed E-state index contributed by atoms with van der Waals surface area (Å²) in [5.41, 5.74) is 0. The van der Waals surface area contributed by atoms with Crippen molar-refractivity contribution in [2.24, 2.45) is 0 Å². The van der Waals surface area contributed by atoms with Gasteiger partial charge < -0.3 is 5.32 Å². The molecule has 1 heteroatoms. The van der Waals surface area contributed by atoms with Gasteiger partial charge in [-0.05, 0) is 19.9 Å². The van der Waals surface area contributed by atoms with Crippen molar-refractivity contribution in [3.05, 3.63) is 6.54 Å². The molecule has 1 radical (unpaired) electrons. The summed E-state index contributed by atoms with van der Waals surface area (Å²) in [6, 6.07) is 0. The highest BCUT2D eigenvalue weighted by atomic mass is 14.8. The van der Waals surface area contributed by atoms with Gasteiger partial charge in [0, 0.05) is 13.0 Å². The van der Waals surface area contributed by atoms with Crippen LogP contribution in [0.15, 0.2) is 0 Å². The van der Waals surface area contributed by atoms with Crippen LogP contribution in [0.1, 0.15) is 38.5 Å². The average Bonchev–Trinajstić information content (AvgIpc) is 2.03. The van der Waals surface area contributed by atoms with Crippen LogP contribution in [-0.2, 0) is 0 Å². The summed E-state index contributed by atoms with van der Waals surface area (Å²) in [7, 11) is 1.94. The van der Waals surface area contributed by atoms with E-state index >= 15 is 0 Å². The largest absolute Gasteiger partial charge is 0.315 e. The molecule has 0 aromatic heterocycles. The summed E-state index contributed by atoms with van der Waals surface area (Å²) >= 11 is 0. The van der Waals surface area contributed by atoms with Crippen molar-refractivity contribution in [1.29, 1.82) is 0 Å². The van der Waals surface area contributed by atoms with Gasteiger partial charge in [-0.3, -0.25) is 0 Å². The molecule has 0 unspecified atom stereocenters. The third-order valence-corrected chi connectivity index (χ3v) is 1.62. The van der Waals surface area contributed by atoms with Crippen molar-refractivity contribution in [3.8, 4) is 12.3 Å². The van der Waals surface area contributed by atoms with Crippen molar-refractivity contribution >= 4 is 0 Å². The first-order valence-corrected chi connectivity index (χ1v) is 4.34. The lowest BCUT2D eigenvalue weighted by atomic mass is 10.1. The maximum Gasteiger partial charge on any atom is 0.0218 e. The molecule has 0 spiro atoms. The van der Waals surface area contributed by atoms with Crippen molar-refractivity contribution < 1.29 is 0 Å². The first-order valence-electron chi connectivity index (χ1n) is 4.34. The van der Waals surface area contributed by atoms with E-state index in [1.807, 2.05) is 7.05 Å². The molecule has 1 N–H and O–H groups in total. The lowest BCUT2D eigenvalue weighted by Crippen LogP contribution is -1.99. The highest BCUT2D eigenvalue weighted by Gasteiger charge is 1.88. The van der Waals surface area contributed by atoms with Gasteiger partial charge in [0.05, 0.1) is 0 Å². The second kappa shape index (κ2) is 9.52. The Labute approximate surface area is 70.6 Å². The van der Waals surface area contributed by atoms with Crippen LogP contribution < -0.4 is 5.32 Å². The van der Waals surface area contributed by atoms with Crippen LogP contribution in [0.4, 0.5) is 0 Å². The fraction of sp³-hybridized carbons (Fsp3) is 0.700. The van der Waals surface area contributed by atoms with Crippen LogP contribution in [0.5, 0.6) is 0 Å². The Morgan fingerprint density at radius 2 is 2.00 bits per heavy atom. The summed E-state index contributed by atoms with van der Waals surface area (Å²) in [6.07, 6.45) is 12.3. The fourth-order valence-electron chi connectivity index (χ4n) is 0.971. The number of hydrogen-bond donors (Lipinski definition) is 1. The summed E-state index contributed by atoms with van der Waals surface area (Å²) in [5.74, 6) is 2.65. The van der Waals surface area contributed by atoms with Crippen LogP contribution in [0.25, 0.3) is 0 Å². The van der Waals surface area contributed by atoms with Crippen LogP contribution in [0.3, 0.4) is 0 Å². The van der Waals surface area contributed by atoms with Gasteiger partial charge in [-0.25, -0.2) is 0 Å². The Morgan fingerprint density at radius 3 is 2.64 bits per heavy atom. The Bertz CT molecular complexity index is 102. The molecular formula is C10H18N. The lowest BCUT2D eigenvalue weighted by Gasteiger charge is -1.98. The SMILES string of the molecule is C#CCCCCCC[CH]NC. The van der Waals surface area contributed by atoms with Gasteiger partial charge >= 0.3 is 0 Å². The molecule has 11 heavy (non-hydrogen) atoms. The highest BCUT2D eigenvalue weighted by Crippen LogP contribution is 2.04. The van der Waals surface area contributed by atoms with E-state index < -0.39 is 0 Å². The van der Waals surface area contributed by atoms with Crippen LogP contribution in [-0.4, -0.2) is 7.05 Å². The summed E-state index contributed by atoms with van der Waals surface area (Å²) in [6.45, 7) is 2.10. The molecule has 0 atom stereocenters. The second-order valence-electron chi connectivity index (χ2n) is 2.65. The molecule has 0 saturated heterocycles. The Morgan fingerprint density at radius 1 is 1.27 bits per heavy atom. The van der Waals surface area contributed by atoms with E-state index in [4.69, 9.17) is 6.42 Å². The predicted molar refractivity (Wildman–Crippen MR) is 49.9 cm³/mol. The molecule has 0 saturated carbocycles. The molecule has 0 aliphatic carbocycles. The molecule has 63 valence electrons. The Hall–Kier alpha value is -0.480. The second-order valence-corrected chi connectivity index (χ2v) is 2.65. The molecule has 1 nitrogen and oxygen atoms in total. The van der Waals surface area contributed by atoms with Gasteiger partial charge in [0.15, 0.2) is 0 Å². The summed E-state index contributed by atoms with van der Waals surface area (Å²) < 4.78 is 0. The Kier molecular flexibility index (Phi) is 9.10. The van der Waals surface area contributed by atoms with Crippen molar-refractivity contribution in [2.45, 2.75) is 38.5 Å². The third kappa shape index (κ3) is 9.52. The number of terminal acetylenes is 1. The smallest absolute Gasteiger partial charge is 0.0218 e. The molecule has 0 aliphatic heterocycles. The quantitative estimate of drug-likeness (QED) is 0.436. The van der Waals surface area contributed by atoms with Crippen LogP contribution >= 0.6 is 0 Å². The zero-order valence-electron chi connectivity index (χ0n) is 7.40. The normalized spacial score (nSPS) is 9.45. The molecule has 0 bridgehead atoms.